The van der Waals surface area contributed by atoms with Crippen LogP contribution in [-0.2, 0) is 4.79 Å². The Labute approximate surface area is 129 Å². The van der Waals surface area contributed by atoms with Gasteiger partial charge in [-0.2, -0.15) is 0 Å². The Kier molecular flexibility index (Phi) is 5.14. The number of piperidine rings is 1. The number of likely N-dealkylation sites (tertiary alicyclic amines) is 1. The first-order valence-corrected chi connectivity index (χ1v) is 7.34. The van der Waals surface area contributed by atoms with Gasteiger partial charge in [0.15, 0.2) is 0 Å². The van der Waals surface area contributed by atoms with Crippen molar-refractivity contribution >= 4 is 17.8 Å². The summed E-state index contributed by atoms with van der Waals surface area (Å²) in [6.45, 7) is 3.39. The number of hydrogen-bond acceptors (Lipinski definition) is 3. The van der Waals surface area contributed by atoms with Crippen molar-refractivity contribution in [1.29, 1.82) is 0 Å². The van der Waals surface area contributed by atoms with E-state index in [4.69, 9.17) is 5.11 Å². The lowest BCUT2D eigenvalue weighted by Gasteiger charge is -2.32. The molecule has 22 heavy (non-hydrogen) atoms. The normalized spacial score (nSPS) is 15.4. The Morgan fingerprint density at radius 1 is 1.23 bits per heavy atom. The number of carbonyl (C=O) groups excluding carboxylic acids is 2. The predicted molar refractivity (Wildman–Crippen MR) is 80.7 cm³/mol. The standard InChI is InChI=1S/C16H20N2O4/c1-11(19)17-10-12-5-7-18(8-6-12)15(20)13-3-2-4-14(9-13)16(21)22/h2-4,9,12H,5-8,10H2,1H3,(H,17,19)(H,21,22). The molecule has 0 unspecified atom stereocenters. The molecule has 1 heterocycles. The maximum Gasteiger partial charge on any atom is 0.335 e. The minimum absolute atomic E-state index is 0.0380. The van der Waals surface area contributed by atoms with Crippen LogP contribution in [0.2, 0.25) is 0 Å². The van der Waals surface area contributed by atoms with Crippen molar-refractivity contribution in [1.82, 2.24) is 10.2 Å². The average molecular weight is 304 g/mol. The van der Waals surface area contributed by atoms with Crippen LogP contribution in [0.4, 0.5) is 0 Å². The second kappa shape index (κ2) is 7.06. The van der Waals surface area contributed by atoms with Crippen LogP contribution in [0.15, 0.2) is 24.3 Å². The Morgan fingerprint density at radius 3 is 2.45 bits per heavy atom. The molecule has 0 spiro atoms. The number of nitrogens with zero attached hydrogens (tertiary/aromatic N) is 1. The number of carboxylic acid groups (broad SMARTS) is 1. The topological polar surface area (TPSA) is 86.7 Å². The van der Waals surface area contributed by atoms with Crippen LogP contribution in [0, 0.1) is 5.92 Å². The number of aromatic carboxylic acids is 1. The first kappa shape index (κ1) is 16.0. The van der Waals surface area contributed by atoms with Crippen molar-refractivity contribution in [2.75, 3.05) is 19.6 Å². The summed E-state index contributed by atoms with van der Waals surface area (Å²) in [6, 6.07) is 6.10. The molecule has 0 aromatic heterocycles. The smallest absolute Gasteiger partial charge is 0.335 e. The molecule has 0 bridgehead atoms. The fourth-order valence-electron chi connectivity index (χ4n) is 2.60. The average Bonchev–Trinajstić information content (AvgIpc) is 2.53. The van der Waals surface area contributed by atoms with Gasteiger partial charge in [0.25, 0.3) is 5.91 Å². The Hall–Kier alpha value is -2.37. The fourth-order valence-corrected chi connectivity index (χ4v) is 2.60. The van der Waals surface area contributed by atoms with Crippen molar-refractivity contribution < 1.29 is 19.5 Å². The van der Waals surface area contributed by atoms with Crippen LogP contribution in [0.3, 0.4) is 0 Å². The second-order valence-corrected chi connectivity index (χ2v) is 5.56. The summed E-state index contributed by atoms with van der Waals surface area (Å²) in [5.41, 5.74) is 0.520. The Balaban J connectivity index is 1.93. The lowest BCUT2D eigenvalue weighted by atomic mass is 9.96. The molecule has 0 aliphatic carbocycles. The van der Waals surface area contributed by atoms with E-state index in [1.54, 1.807) is 17.0 Å². The summed E-state index contributed by atoms with van der Waals surface area (Å²) in [5.74, 6) is -0.827. The van der Waals surface area contributed by atoms with Crippen molar-refractivity contribution in [3.05, 3.63) is 35.4 Å². The first-order chi connectivity index (χ1) is 10.5. The highest BCUT2D eigenvalue weighted by atomic mass is 16.4. The summed E-state index contributed by atoms with van der Waals surface area (Å²) >= 11 is 0. The highest BCUT2D eigenvalue weighted by molar-refractivity contribution is 5.97. The molecule has 1 fully saturated rings. The molecule has 0 radical (unpaired) electrons. The number of hydrogen-bond donors (Lipinski definition) is 2. The van der Waals surface area contributed by atoms with Gasteiger partial charge >= 0.3 is 5.97 Å². The van der Waals surface area contributed by atoms with Gasteiger partial charge in [-0.1, -0.05) is 6.07 Å². The second-order valence-electron chi connectivity index (χ2n) is 5.56. The molecule has 1 aromatic rings. The van der Waals surface area contributed by atoms with E-state index in [-0.39, 0.29) is 17.4 Å². The lowest BCUT2D eigenvalue weighted by Crippen LogP contribution is -2.41. The summed E-state index contributed by atoms with van der Waals surface area (Å²) in [6.07, 6.45) is 1.68. The molecule has 2 rings (SSSR count). The monoisotopic (exact) mass is 304 g/mol. The largest absolute Gasteiger partial charge is 0.478 e. The molecule has 118 valence electrons. The van der Waals surface area contributed by atoms with E-state index < -0.39 is 5.97 Å². The van der Waals surface area contributed by atoms with Crippen molar-refractivity contribution in [2.24, 2.45) is 5.92 Å². The zero-order valence-electron chi connectivity index (χ0n) is 12.5. The third kappa shape index (κ3) is 4.07. The minimum atomic E-state index is -1.04. The van der Waals surface area contributed by atoms with Crippen LogP contribution in [-0.4, -0.2) is 47.4 Å². The molecule has 2 amide bonds. The Bertz CT molecular complexity index is 577. The molecule has 1 aromatic carbocycles. The summed E-state index contributed by atoms with van der Waals surface area (Å²) in [7, 11) is 0. The van der Waals surface area contributed by atoms with E-state index in [1.807, 2.05) is 0 Å². The number of benzene rings is 1. The zero-order valence-corrected chi connectivity index (χ0v) is 12.5. The van der Waals surface area contributed by atoms with Crippen molar-refractivity contribution in [2.45, 2.75) is 19.8 Å². The van der Waals surface area contributed by atoms with Crippen LogP contribution in [0.1, 0.15) is 40.5 Å². The molecule has 1 saturated heterocycles. The SMILES string of the molecule is CC(=O)NCC1CCN(C(=O)c2cccc(C(=O)O)c2)CC1. The van der Waals surface area contributed by atoms with E-state index in [0.717, 1.165) is 12.8 Å². The van der Waals surface area contributed by atoms with Crippen LogP contribution < -0.4 is 5.32 Å². The molecule has 0 saturated carbocycles. The van der Waals surface area contributed by atoms with E-state index in [0.29, 0.717) is 31.1 Å². The van der Waals surface area contributed by atoms with Crippen LogP contribution in [0.25, 0.3) is 0 Å². The number of rotatable bonds is 4. The molecule has 6 nitrogen and oxygen atoms in total. The Morgan fingerprint density at radius 2 is 1.86 bits per heavy atom. The van der Waals surface area contributed by atoms with Gasteiger partial charge in [0.05, 0.1) is 5.56 Å². The highest BCUT2D eigenvalue weighted by Crippen LogP contribution is 2.19. The third-order valence-electron chi connectivity index (χ3n) is 3.90. The third-order valence-corrected chi connectivity index (χ3v) is 3.90. The van der Waals surface area contributed by atoms with Gasteiger partial charge < -0.3 is 15.3 Å². The van der Waals surface area contributed by atoms with Gasteiger partial charge in [-0.3, -0.25) is 9.59 Å². The summed E-state index contributed by atoms with van der Waals surface area (Å²) in [4.78, 5) is 36.0. The van der Waals surface area contributed by atoms with Gasteiger partial charge in [0.1, 0.15) is 0 Å². The summed E-state index contributed by atoms with van der Waals surface area (Å²) < 4.78 is 0. The van der Waals surface area contributed by atoms with Crippen molar-refractivity contribution in [3.63, 3.8) is 0 Å². The molecule has 6 heteroatoms. The zero-order chi connectivity index (χ0) is 16.1. The minimum Gasteiger partial charge on any atom is -0.478 e. The first-order valence-electron chi connectivity index (χ1n) is 7.34. The maximum absolute atomic E-state index is 12.4. The molecular weight excluding hydrogens is 284 g/mol. The molecular formula is C16H20N2O4. The van der Waals surface area contributed by atoms with Gasteiger partial charge in [0.2, 0.25) is 5.91 Å². The number of amides is 2. The van der Waals surface area contributed by atoms with E-state index in [9.17, 15) is 14.4 Å². The van der Waals surface area contributed by atoms with E-state index >= 15 is 0 Å². The quantitative estimate of drug-likeness (QED) is 0.879. The fraction of sp³-hybridized carbons (Fsp3) is 0.438. The van der Waals surface area contributed by atoms with Gasteiger partial charge in [-0.25, -0.2) is 4.79 Å². The predicted octanol–water partition coefficient (Wildman–Crippen LogP) is 1.37. The number of carbonyl (C=O) groups is 3. The van der Waals surface area contributed by atoms with Crippen molar-refractivity contribution in [3.8, 4) is 0 Å². The maximum atomic E-state index is 12.4. The molecule has 1 aliphatic heterocycles. The van der Waals surface area contributed by atoms with Gasteiger partial charge in [-0.05, 0) is 37.0 Å². The molecule has 0 atom stereocenters. The lowest BCUT2D eigenvalue weighted by molar-refractivity contribution is -0.119. The van der Waals surface area contributed by atoms with Crippen LogP contribution >= 0.6 is 0 Å². The van der Waals surface area contributed by atoms with Gasteiger partial charge in [0, 0.05) is 32.1 Å². The molecule has 1 aliphatic rings. The van der Waals surface area contributed by atoms with E-state index in [2.05, 4.69) is 5.32 Å². The van der Waals surface area contributed by atoms with Gasteiger partial charge in [-0.15, -0.1) is 0 Å². The summed E-state index contributed by atoms with van der Waals surface area (Å²) in [5, 5.41) is 11.8. The van der Waals surface area contributed by atoms with Crippen LogP contribution in [0.5, 0.6) is 0 Å². The number of nitrogens with one attached hydrogen (secondary N) is 1. The highest BCUT2D eigenvalue weighted by Gasteiger charge is 2.24. The van der Waals surface area contributed by atoms with E-state index in [1.165, 1.54) is 19.1 Å². The number of carboxylic acids is 1. The molecule has 2 N–H and O–H groups in total.